The number of carbonyl (C=O) groups is 1. The Hall–Kier alpha value is -2.64. The van der Waals surface area contributed by atoms with E-state index >= 15 is 0 Å². The number of nitrogens with zero attached hydrogens (tertiary/aromatic N) is 3. The summed E-state index contributed by atoms with van der Waals surface area (Å²) in [6, 6.07) is 13.6. The Morgan fingerprint density at radius 2 is 2.07 bits per heavy atom. The van der Waals surface area contributed by atoms with Gasteiger partial charge in [-0.05, 0) is 62.8 Å². The lowest BCUT2D eigenvalue weighted by molar-refractivity contribution is 0.0951. The van der Waals surface area contributed by atoms with Crippen LogP contribution >= 0.6 is 11.8 Å². The molecule has 0 aliphatic heterocycles. The van der Waals surface area contributed by atoms with E-state index in [0.717, 1.165) is 35.6 Å². The van der Waals surface area contributed by atoms with Crippen LogP contribution in [0.4, 0.5) is 0 Å². The Bertz CT molecular complexity index is 1120. The van der Waals surface area contributed by atoms with Gasteiger partial charge in [0, 0.05) is 28.8 Å². The molecule has 1 fully saturated rings. The summed E-state index contributed by atoms with van der Waals surface area (Å²) >= 11 is 1.74. The molecule has 6 nitrogen and oxygen atoms in total. The zero-order valence-electron chi connectivity index (χ0n) is 17.3. The maximum absolute atomic E-state index is 13.1. The number of benzene rings is 2. The molecule has 2 aromatic carbocycles. The van der Waals surface area contributed by atoms with Crippen molar-refractivity contribution in [2.75, 3.05) is 26.4 Å². The SMILES string of the molecule is CN(C)CCSc1ccc2ncn(Cc3cccc(C(=O)NC4CC4)c3)c(=O)c2c1. The van der Waals surface area contributed by atoms with Crippen molar-refractivity contribution in [2.45, 2.75) is 30.3 Å². The summed E-state index contributed by atoms with van der Waals surface area (Å²) in [5, 5.41) is 3.62. The van der Waals surface area contributed by atoms with Gasteiger partial charge in [-0.15, -0.1) is 11.8 Å². The highest BCUT2D eigenvalue weighted by atomic mass is 32.2. The van der Waals surface area contributed by atoms with E-state index in [2.05, 4.69) is 15.2 Å². The van der Waals surface area contributed by atoms with E-state index in [0.29, 0.717) is 29.1 Å². The molecule has 1 saturated carbocycles. The average Bonchev–Trinajstić information content (AvgIpc) is 3.54. The molecule has 1 heterocycles. The van der Waals surface area contributed by atoms with Gasteiger partial charge in [-0.1, -0.05) is 12.1 Å². The molecular weight excluding hydrogens is 396 g/mol. The maximum Gasteiger partial charge on any atom is 0.261 e. The van der Waals surface area contributed by atoms with Crippen LogP contribution in [0.1, 0.15) is 28.8 Å². The van der Waals surface area contributed by atoms with Crippen molar-refractivity contribution in [3.05, 3.63) is 70.3 Å². The van der Waals surface area contributed by atoms with Crippen LogP contribution in [0.2, 0.25) is 0 Å². The van der Waals surface area contributed by atoms with Gasteiger partial charge in [-0.3, -0.25) is 14.2 Å². The first-order chi connectivity index (χ1) is 14.5. The second-order valence-electron chi connectivity index (χ2n) is 7.96. The lowest BCUT2D eigenvalue weighted by Gasteiger charge is -2.10. The van der Waals surface area contributed by atoms with Gasteiger partial charge in [0.25, 0.3) is 11.5 Å². The van der Waals surface area contributed by atoms with Crippen LogP contribution < -0.4 is 10.9 Å². The van der Waals surface area contributed by atoms with Crippen molar-refractivity contribution < 1.29 is 4.79 Å². The number of rotatable bonds is 8. The zero-order valence-corrected chi connectivity index (χ0v) is 18.1. The zero-order chi connectivity index (χ0) is 21.1. The smallest absolute Gasteiger partial charge is 0.261 e. The third kappa shape index (κ3) is 5.09. The van der Waals surface area contributed by atoms with Crippen LogP contribution in [0.25, 0.3) is 10.9 Å². The largest absolute Gasteiger partial charge is 0.349 e. The second-order valence-corrected chi connectivity index (χ2v) is 9.12. The lowest BCUT2D eigenvalue weighted by Crippen LogP contribution is -2.25. The molecule has 4 rings (SSSR count). The highest BCUT2D eigenvalue weighted by Gasteiger charge is 2.23. The summed E-state index contributed by atoms with van der Waals surface area (Å²) < 4.78 is 1.61. The van der Waals surface area contributed by atoms with Crippen LogP contribution in [0.15, 0.2) is 58.5 Å². The average molecular weight is 423 g/mol. The third-order valence-electron chi connectivity index (χ3n) is 5.06. The molecule has 30 heavy (non-hydrogen) atoms. The van der Waals surface area contributed by atoms with Gasteiger partial charge >= 0.3 is 0 Å². The van der Waals surface area contributed by atoms with E-state index in [-0.39, 0.29) is 11.5 Å². The summed E-state index contributed by atoms with van der Waals surface area (Å²) in [5.41, 5.74) is 2.16. The van der Waals surface area contributed by atoms with Gasteiger partial charge < -0.3 is 10.2 Å². The van der Waals surface area contributed by atoms with E-state index in [1.165, 1.54) is 0 Å². The molecule has 7 heteroatoms. The molecular formula is C23H26N4O2S. The minimum Gasteiger partial charge on any atom is -0.349 e. The van der Waals surface area contributed by atoms with Crippen LogP contribution in [-0.2, 0) is 6.54 Å². The topological polar surface area (TPSA) is 67.2 Å². The molecule has 1 aliphatic rings. The summed E-state index contributed by atoms with van der Waals surface area (Å²) in [6.45, 7) is 1.36. The number of amides is 1. The Morgan fingerprint density at radius 3 is 2.83 bits per heavy atom. The van der Waals surface area contributed by atoms with Gasteiger partial charge in [0.2, 0.25) is 0 Å². The summed E-state index contributed by atoms with van der Waals surface area (Å²) in [7, 11) is 4.10. The molecule has 0 radical (unpaired) electrons. The standard InChI is InChI=1S/C23H26N4O2S/c1-26(2)10-11-30-19-8-9-21-20(13-19)23(29)27(15-24-21)14-16-4-3-5-17(12-16)22(28)25-18-6-7-18/h3-5,8-9,12-13,15,18H,6-7,10-11,14H2,1-2H3,(H,25,28). The molecule has 1 N–H and O–H groups in total. The molecule has 0 bridgehead atoms. The van der Waals surface area contributed by atoms with E-state index in [1.54, 1.807) is 28.7 Å². The summed E-state index contributed by atoms with van der Waals surface area (Å²) in [6.07, 6.45) is 3.69. The Balaban J connectivity index is 1.54. The van der Waals surface area contributed by atoms with Gasteiger partial charge in [0.1, 0.15) is 0 Å². The molecule has 3 aromatic rings. The quantitative estimate of drug-likeness (QED) is 0.566. The van der Waals surface area contributed by atoms with Crippen molar-refractivity contribution >= 4 is 28.6 Å². The van der Waals surface area contributed by atoms with E-state index < -0.39 is 0 Å². The number of nitrogens with one attached hydrogen (secondary N) is 1. The van der Waals surface area contributed by atoms with Crippen LogP contribution in [0, 0.1) is 0 Å². The fourth-order valence-corrected chi connectivity index (χ4v) is 4.25. The van der Waals surface area contributed by atoms with Gasteiger partial charge in [-0.25, -0.2) is 4.98 Å². The number of hydrogen-bond acceptors (Lipinski definition) is 5. The number of carbonyl (C=O) groups excluding carboxylic acids is 1. The number of hydrogen-bond donors (Lipinski definition) is 1. The molecule has 156 valence electrons. The summed E-state index contributed by atoms with van der Waals surface area (Å²) in [5.74, 6) is 0.908. The second kappa shape index (κ2) is 9.02. The van der Waals surface area contributed by atoms with Gasteiger partial charge in [0.05, 0.1) is 23.8 Å². The van der Waals surface area contributed by atoms with E-state index in [9.17, 15) is 9.59 Å². The first kappa shape index (κ1) is 20.6. The highest BCUT2D eigenvalue weighted by Crippen LogP contribution is 2.21. The molecule has 0 spiro atoms. The molecule has 1 aromatic heterocycles. The van der Waals surface area contributed by atoms with Crippen molar-refractivity contribution in [2.24, 2.45) is 0 Å². The first-order valence-electron chi connectivity index (χ1n) is 10.2. The molecule has 0 unspecified atom stereocenters. The van der Waals surface area contributed by atoms with Crippen LogP contribution in [0.5, 0.6) is 0 Å². The molecule has 1 amide bonds. The molecule has 0 saturated heterocycles. The predicted octanol–water partition coefficient (Wildman–Crippen LogP) is 2.99. The van der Waals surface area contributed by atoms with E-state index in [1.807, 2.05) is 50.5 Å². The third-order valence-corrected chi connectivity index (χ3v) is 6.03. The van der Waals surface area contributed by atoms with Crippen molar-refractivity contribution in [3.63, 3.8) is 0 Å². The normalized spacial score (nSPS) is 13.7. The number of aromatic nitrogens is 2. The Labute approximate surface area is 180 Å². The van der Waals surface area contributed by atoms with Crippen molar-refractivity contribution in [1.82, 2.24) is 19.8 Å². The number of fused-ring (bicyclic) bond motifs is 1. The minimum atomic E-state index is -0.0668. The molecule has 0 atom stereocenters. The van der Waals surface area contributed by atoms with Gasteiger partial charge in [0.15, 0.2) is 0 Å². The fourth-order valence-electron chi connectivity index (χ4n) is 3.19. The van der Waals surface area contributed by atoms with E-state index in [4.69, 9.17) is 0 Å². The minimum absolute atomic E-state index is 0.0530. The monoisotopic (exact) mass is 422 g/mol. The maximum atomic E-state index is 13.1. The number of thioether (sulfide) groups is 1. The Kier molecular flexibility index (Phi) is 6.20. The highest BCUT2D eigenvalue weighted by molar-refractivity contribution is 7.99. The van der Waals surface area contributed by atoms with Crippen LogP contribution in [-0.4, -0.2) is 52.8 Å². The van der Waals surface area contributed by atoms with Gasteiger partial charge in [-0.2, -0.15) is 0 Å². The van der Waals surface area contributed by atoms with Crippen molar-refractivity contribution in [1.29, 1.82) is 0 Å². The van der Waals surface area contributed by atoms with Crippen LogP contribution in [0.3, 0.4) is 0 Å². The Morgan fingerprint density at radius 1 is 1.23 bits per heavy atom. The summed E-state index contributed by atoms with van der Waals surface area (Å²) in [4.78, 5) is 33.0. The van der Waals surface area contributed by atoms with Crippen molar-refractivity contribution in [3.8, 4) is 0 Å². The lowest BCUT2D eigenvalue weighted by atomic mass is 10.1. The molecule has 1 aliphatic carbocycles. The first-order valence-corrected chi connectivity index (χ1v) is 11.1. The fraction of sp³-hybridized carbons (Fsp3) is 0.348. The predicted molar refractivity (Wildman–Crippen MR) is 121 cm³/mol.